The van der Waals surface area contributed by atoms with Gasteiger partial charge in [0.25, 0.3) is 0 Å². The minimum atomic E-state index is -0.150. The van der Waals surface area contributed by atoms with Gasteiger partial charge in [0.15, 0.2) is 0 Å². The summed E-state index contributed by atoms with van der Waals surface area (Å²) in [6.07, 6.45) is 1.01. The molecular weight excluding hydrogens is 219 g/mol. The lowest BCUT2D eigenvalue weighted by molar-refractivity contribution is 0.193. The summed E-state index contributed by atoms with van der Waals surface area (Å²) in [6.45, 7) is 2.07. The summed E-state index contributed by atoms with van der Waals surface area (Å²) < 4.78 is 19.2. The number of nitrogens with one attached hydrogen (secondary N) is 1. The zero-order valence-electron chi connectivity index (χ0n) is 10.4. The van der Waals surface area contributed by atoms with Crippen molar-refractivity contribution in [3.63, 3.8) is 0 Å². The molecule has 1 atom stereocenters. The second-order valence-electron chi connectivity index (χ2n) is 4.40. The molecule has 2 rings (SSSR count). The Balaban J connectivity index is 2.26. The van der Waals surface area contributed by atoms with Crippen LogP contribution in [0.3, 0.4) is 0 Å². The van der Waals surface area contributed by atoms with Crippen LogP contribution in [-0.4, -0.2) is 33.4 Å². The van der Waals surface area contributed by atoms with E-state index in [4.69, 9.17) is 4.74 Å². The molecule has 0 aromatic heterocycles. The van der Waals surface area contributed by atoms with Gasteiger partial charge in [0.2, 0.25) is 0 Å². The molecule has 0 amide bonds. The van der Waals surface area contributed by atoms with Crippen LogP contribution < -0.4 is 10.2 Å². The van der Waals surface area contributed by atoms with E-state index in [-0.39, 0.29) is 5.82 Å². The van der Waals surface area contributed by atoms with Gasteiger partial charge in [-0.25, -0.2) is 4.39 Å². The van der Waals surface area contributed by atoms with E-state index < -0.39 is 0 Å². The number of likely N-dealkylation sites (N-methyl/N-ethyl adjacent to an activating group) is 1. The monoisotopic (exact) mass is 238 g/mol. The Kier molecular flexibility index (Phi) is 3.97. The first-order valence-electron chi connectivity index (χ1n) is 5.96. The van der Waals surface area contributed by atoms with Gasteiger partial charge in [0.05, 0.1) is 12.6 Å². The van der Waals surface area contributed by atoms with Gasteiger partial charge in [-0.2, -0.15) is 0 Å². The summed E-state index contributed by atoms with van der Waals surface area (Å²) in [7, 11) is 3.84. The number of hydrogen-bond acceptors (Lipinski definition) is 3. The molecule has 1 aliphatic heterocycles. The molecular formula is C13H19FN2O. The Morgan fingerprint density at radius 1 is 1.53 bits per heavy atom. The fourth-order valence-corrected chi connectivity index (χ4v) is 2.25. The second-order valence-corrected chi connectivity index (χ2v) is 4.40. The topological polar surface area (TPSA) is 24.5 Å². The molecule has 1 N–H and O–H groups in total. The van der Waals surface area contributed by atoms with E-state index >= 15 is 0 Å². The van der Waals surface area contributed by atoms with Gasteiger partial charge in [0, 0.05) is 31.5 Å². The molecule has 0 radical (unpaired) electrons. The van der Waals surface area contributed by atoms with Crippen LogP contribution in [0.2, 0.25) is 0 Å². The van der Waals surface area contributed by atoms with Crippen molar-refractivity contribution in [3.05, 3.63) is 29.6 Å². The lowest BCUT2D eigenvalue weighted by Crippen LogP contribution is -2.33. The van der Waals surface area contributed by atoms with Crippen LogP contribution in [0.25, 0.3) is 0 Å². The molecule has 1 aromatic carbocycles. The van der Waals surface area contributed by atoms with Gasteiger partial charge in [-0.05, 0) is 25.6 Å². The zero-order valence-corrected chi connectivity index (χ0v) is 10.4. The standard InChI is InChI=1S/C13H19FN2O/c1-15-8-11-12(14)4-3-5-13(11)16(2)10-6-7-17-9-10/h3-5,10,15H,6-9H2,1-2H3. The first-order chi connectivity index (χ1) is 8.24. The molecule has 1 unspecified atom stereocenters. The molecule has 94 valence electrons. The van der Waals surface area contributed by atoms with Crippen molar-refractivity contribution in [1.29, 1.82) is 0 Å². The van der Waals surface area contributed by atoms with Crippen LogP contribution in [0.15, 0.2) is 18.2 Å². The fourth-order valence-electron chi connectivity index (χ4n) is 2.25. The molecule has 1 fully saturated rings. The number of hydrogen-bond donors (Lipinski definition) is 1. The highest BCUT2D eigenvalue weighted by Crippen LogP contribution is 2.26. The predicted molar refractivity (Wildman–Crippen MR) is 66.8 cm³/mol. The normalized spacial score (nSPS) is 19.6. The Morgan fingerprint density at radius 3 is 3.00 bits per heavy atom. The second kappa shape index (κ2) is 5.47. The van der Waals surface area contributed by atoms with Gasteiger partial charge >= 0.3 is 0 Å². The van der Waals surface area contributed by atoms with Crippen LogP contribution in [0.4, 0.5) is 10.1 Å². The maximum Gasteiger partial charge on any atom is 0.129 e. The van der Waals surface area contributed by atoms with Crippen molar-refractivity contribution in [2.75, 3.05) is 32.2 Å². The van der Waals surface area contributed by atoms with Crippen molar-refractivity contribution in [3.8, 4) is 0 Å². The van der Waals surface area contributed by atoms with E-state index in [0.29, 0.717) is 12.6 Å². The molecule has 0 aliphatic carbocycles. The minimum Gasteiger partial charge on any atom is -0.379 e. The zero-order chi connectivity index (χ0) is 12.3. The van der Waals surface area contributed by atoms with Gasteiger partial charge in [0.1, 0.15) is 5.82 Å². The number of rotatable bonds is 4. The van der Waals surface area contributed by atoms with Crippen LogP contribution in [0.5, 0.6) is 0 Å². The van der Waals surface area contributed by atoms with Crippen molar-refractivity contribution < 1.29 is 9.13 Å². The van der Waals surface area contributed by atoms with Gasteiger partial charge < -0.3 is 15.0 Å². The summed E-state index contributed by atoms with van der Waals surface area (Å²) >= 11 is 0. The molecule has 1 aliphatic rings. The average Bonchev–Trinajstić information content (AvgIpc) is 2.85. The molecule has 0 saturated carbocycles. The number of halogens is 1. The van der Waals surface area contributed by atoms with E-state index in [2.05, 4.69) is 10.2 Å². The Bertz CT molecular complexity index is 378. The highest BCUT2D eigenvalue weighted by atomic mass is 19.1. The number of ether oxygens (including phenoxy) is 1. The van der Waals surface area contributed by atoms with Gasteiger partial charge in [-0.3, -0.25) is 0 Å². The van der Waals surface area contributed by atoms with E-state index in [1.807, 2.05) is 20.2 Å². The molecule has 1 heterocycles. The molecule has 1 aromatic rings. The summed E-state index contributed by atoms with van der Waals surface area (Å²) in [4.78, 5) is 2.13. The predicted octanol–water partition coefficient (Wildman–Crippen LogP) is 1.77. The first-order valence-corrected chi connectivity index (χ1v) is 5.96. The quantitative estimate of drug-likeness (QED) is 0.865. The summed E-state index contributed by atoms with van der Waals surface area (Å²) in [5.41, 5.74) is 1.68. The number of nitrogens with zero attached hydrogens (tertiary/aromatic N) is 1. The highest BCUT2D eigenvalue weighted by molar-refractivity contribution is 5.54. The van der Waals surface area contributed by atoms with E-state index in [0.717, 1.165) is 30.9 Å². The van der Waals surface area contributed by atoms with E-state index in [1.54, 1.807) is 6.07 Å². The molecule has 0 bridgehead atoms. The lowest BCUT2D eigenvalue weighted by Gasteiger charge is -2.28. The summed E-state index contributed by atoms with van der Waals surface area (Å²) in [5.74, 6) is -0.150. The lowest BCUT2D eigenvalue weighted by atomic mass is 10.1. The SMILES string of the molecule is CNCc1c(F)cccc1N(C)C1CCOC1. The molecule has 4 heteroatoms. The molecule has 0 spiro atoms. The van der Waals surface area contributed by atoms with Crippen LogP contribution >= 0.6 is 0 Å². The van der Waals surface area contributed by atoms with Crippen LogP contribution in [0.1, 0.15) is 12.0 Å². The summed E-state index contributed by atoms with van der Waals surface area (Å²) in [6, 6.07) is 5.59. The Morgan fingerprint density at radius 2 is 2.35 bits per heavy atom. The summed E-state index contributed by atoms with van der Waals surface area (Å²) in [5, 5.41) is 3.01. The Labute approximate surface area is 102 Å². The molecule has 1 saturated heterocycles. The van der Waals surface area contributed by atoms with E-state index in [9.17, 15) is 4.39 Å². The smallest absolute Gasteiger partial charge is 0.129 e. The third-order valence-electron chi connectivity index (χ3n) is 3.28. The average molecular weight is 238 g/mol. The van der Waals surface area contributed by atoms with Crippen molar-refractivity contribution in [2.24, 2.45) is 0 Å². The van der Waals surface area contributed by atoms with Crippen molar-refractivity contribution >= 4 is 5.69 Å². The highest BCUT2D eigenvalue weighted by Gasteiger charge is 2.22. The molecule has 17 heavy (non-hydrogen) atoms. The van der Waals surface area contributed by atoms with Crippen LogP contribution in [0, 0.1) is 5.82 Å². The van der Waals surface area contributed by atoms with E-state index in [1.165, 1.54) is 6.07 Å². The Hall–Kier alpha value is -1.13. The largest absolute Gasteiger partial charge is 0.379 e. The fraction of sp³-hybridized carbons (Fsp3) is 0.538. The van der Waals surface area contributed by atoms with Crippen molar-refractivity contribution in [1.82, 2.24) is 5.32 Å². The minimum absolute atomic E-state index is 0.150. The molecule has 3 nitrogen and oxygen atoms in total. The maximum absolute atomic E-state index is 13.8. The number of benzene rings is 1. The third-order valence-corrected chi connectivity index (χ3v) is 3.28. The van der Waals surface area contributed by atoms with Crippen LogP contribution in [-0.2, 0) is 11.3 Å². The number of anilines is 1. The van der Waals surface area contributed by atoms with Gasteiger partial charge in [-0.15, -0.1) is 0 Å². The first kappa shape index (κ1) is 12.3. The third kappa shape index (κ3) is 2.58. The van der Waals surface area contributed by atoms with Crippen molar-refractivity contribution in [2.45, 2.75) is 19.0 Å². The maximum atomic E-state index is 13.8. The van der Waals surface area contributed by atoms with Gasteiger partial charge in [-0.1, -0.05) is 6.07 Å².